The Morgan fingerprint density at radius 2 is 1.28 bits per heavy atom. The van der Waals surface area contributed by atoms with E-state index in [0.29, 0.717) is 11.3 Å². The third-order valence-electron chi connectivity index (χ3n) is 10.7. The minimum absolute atomic E-state index is 0. The van der Waals surface area contributed by atoms with Gasteiger partial charge in [0.1, 0.15) is 11.6 Å². The average molecular weight is 921 g/mol. The minimum Gasteiger partial charge on any atom is -0.656 e. The van der Waals surface area contributed by atoms with Crippen LogP contribution in [0.15, 0.2) is 176 Å². The maximum atomic E-state index is 16.0. The fraction of sp³-hybridized carbons (Fsp3) is 0.0204. The first-order valence-corrected chi connectivity index (χ1v) is 18.4. The average Bonchev–Trinajstić information content (AvgIpc) is 3.94. The number of pyridine rings is 1. The van der Waals surface area contributed by atoms with E-state index in [1.165, 1.54) is 18.2 Å². The minimum atomic E-state index is -3.20. The standard InChI is InChI=1S/C49H29F2N5.Pt/c50-49(51,32-13-3-1-4-14-32)33-25-27-38-37-26-24-31(29-43(37)56(44(38)30-33)45-23-9-10-28-52-45)35-18-12-22-42-47(35)54-48(55(42)34-15-5-2-6-16-34)40-20-11-19-39-36-17-7-8-21-41(36)53-46(39)40;/h1-28,30H;/q-2;+2. The van der Waals surface area contributed by atoms with E-state index in [0.717, 1.165) is 77.3 Å². The second-order valence-corrected chi connectivity index (χ2v) is 13.9. The Morgan fingerprint density at radius 3 is 2.11 bits per heavy atom. The molecule has 0 atom stereocenters. The van der Waals surface area contributed by atoms with Crippen LogP contribution in [-0.4, -0.2) is 19.1 Å². The topological polar surface area (TPSA) is 49.7 Å². The molecule has 0 amide bonds. The van der Waals surface area contributed by atoms with Gasteiger partial charge in [0.2, 0.25) is 0 Å². The van der Waals surface area contributed by atoms with Gasteiger partial charge in [-0.05, 0) is 58.1 Å². The zero-order valence-electron chi connectivity index (χ0n) is 30.1. The number of imidazole rings is 1. The van der Waals surface area contributed by atoms with Crippen molar-refractivity contribution in [3.8, 4) is 34.0 Å². The van der Waals surface area contributed by atoms with Crippen LogP contribution in [0.25, 0.3) is 88.7 Å². The van der Waals surface area contributed by atoms with E-state index in [4.69, 9.17) is 9.97 Å². The predicted molar refractivity (Wildman–Crippen MR) is 221 cm³/mol. The first-order chi connectivity index (χ1) is 27.5. The van der Waals surface area contributed by atoms with Crippen LogP contribution < -0.4 is 4.98 Å². The van der Waals surface area contributed by atoms with Crippen LogP contribution in [0.3, 0.4) is 0 Å². The van der Waals surface area contributed by atoms with Crippen molar-refractivity contribution in [2.75, 3.05) is 0 Å². The summed E-state index contributed by atoms with van der Waals surface area (Å²) in [6.45, 7) is 0. The van der Waals surface area contributed by atoms with Gasteiger partial charge in [0.15, 0.2) is 0 Å². The molecule has 0 saturated heterocycles. The van der Waals surface area contributed by atoms with Crippen molar-refractivity contribution in [2.24, 2.45) is 0 Å². The number of rotatable bonds is 6. The summed E-state index contributed by atoms with van der Waals surface area (Å²) in [7, 11) is 0. The van der Waals surface area contributed by atoms with Crippen LogP contribution in [0.5, 0.6) is 0 Å². The van der Waals surface area contributed by atoms with Gasteiger partial charge >= 0.3 is 21.1 Å². The van der Waals surface area contributed by atoms with E-state index in [1.54, 1.807) is 36.5 Å². The number of aromatic nitrogens is 5. The quantitative estimate of drug-likeness (QED) is 0.156. The summed E-state index contributed by atoms with van der Waals surface area (Å²) in [6, 6.07) is 57.2. The van der Waals surface area contributed by atoms with Crippen molar-refractivity contribution in [3.63, 3.8) is 0 Å². The number of halogens is 2. The molecule has 5 nitrogen and oxygen atoms in total. The monoisotopic (exact) mass is 920 g/mol. The van der Waals surface area contributed by atoms with Crippen LogP contribution in [0.2, 0.25) is 0 Å². The Labute approximate surface area is 340 Å². The summed E-state index contributed by atoms with van der Waals surface area (Å²) >= 11 is 0. The van der Waals surface area contributed by atoms with Crippen LogP contribution in [0.1, 0.15) is 11.1 Å². The van der Waals surface area contributed by atoms with Crippen LogP contribution in [0.4, 0.5) is 8.78 Å². The molecule has 11 rings (SSSR count). The van der Waals surface area contributed by atoms with Gasteiger partial charge in [0, 0.05) is 34.1 Å². The van der Waals surface area contributed by atoms with E-state index in [2.05, 4.69) is 64.1 Å². The summed E-state index contributed by atoms with van der Waals surface area (Å²) in [6.07, 6.45) is 1.71. The summed E-state index contributed by atoms with van der Waals surface area (Å²) in [5, 5.41) is 3.90. The molecule has 0 aliphatic heterocycles. The second-order valence-electron chi connectivity index (χ2n) is 13.9. The van der Waals surface area contributed by atoms with Gasteiger partial charge in [0.25, 0.3) is 5.92 Å². The van der Waals surface area contributed by atoms with Gasteiger partial charge in [-0.3, -0.25) is 4.57 Å². The summed E-state index contributed by atoms with van der Waals surface area (Å²) in [4.78, 5) is 15.2. The maximum Gasteiger partial charge on any atom is 2.00 e. The normalized spacial score (nSPS) is 11.9. The van der Waals surface area contributed by atoms with Gasteiger partial charge in [-0.2, -0.15) is 8.78 Å². The second kappa shape index (κ2) is 13.5. The third kappa shape index (κ3) is 5.45. The fourth-order valence-corrected chi connectivity index (χ4v) is 8.15. The molecule has 0 saturated carbocycles. The zero-order chi connectivity index (χ0) is 37.4. The molecule has 0 N–H and O–H groups in total. The van der Waals surface area contributed by atoms with Crippen molar-refractivity contribution < 1.29 is 29.8 Å². The molecule has 4 aromatic heterocycles. The van der Waals surface area contributed by atoms with Crippen molar-refractivity contribution in [3.05, 3.63) is 193 Å². The molecule has 0 aliphatic rings. The van der Waals surface area contributed by atoms with Gasteiger partial charge in [-0.25, -0.2) is 9.97 Å². The van der Waals surface area contributed by atoms with Crippen LogP contribution in [0, 0.1) is 6.07 Å². The van der Waals surface area contributed by atoms with E-state index in [-0.39, 0.29) is 32.2 Å². The molecular formula is C49H29F2N5Pt. The number of alkyl halides is 2. The molecular weight excluding hydrogens is 892 g/mol. The molecule has 7 aromatic carbocycles. The first kappa shape index (κ1) is 34.8. The molecule has 57 heavy (non-hydrogen) atoms. The summed E-state index contributed by atoms with van der Waals surface area (Å²) in [5.41, 5.74) is 8.40. The number of nitrogens with zero attached hydrogens (tertiary/aromatic N) is 5. The molecule has 4 heterocycles. The molecule has 0 unspecified atom stereocenters. The largest absolute Gasteiger partial charge is 2.00 e. The van der Waals surface area contributed by atoms with E-state index in [9.17, 15) is 0 Å². The van der Waals surface area contributed by atoms with Crippen molar-refractivity contribution in [2.45, 2.75) is 5.92 Å². The smallest absolute Gasteiger partial charge is 0.656 e. The zero-order valence-corrected chi connectivity index (χ0v) is 32.3. The number of fused-ring (bicyclic) bond motifs is 7. The Hall–Kier alpha value is -6.69. The molecule has 0 radical (unpaired) electrons. The SMILES string of the molecule is FC(F)(c1ccccc1)c1ccc2c3ccc(-c4cccc5c4nc(-c4cccc6c4[n-]c4ccccc46)n5-c4ccccc4)[c-]c3n(-c3ccccn3)c2c1.[Pt+2]. The van der Waals surface area contributed by atoms with Crippen molar-refractivity contribution >= 4 is 54.6 Å². The van der Waals surface area contributed by atoms with E-state index in [1.807, 2.05) is 77.4 Å². The Bertz CT molecular complexity index is 3280. The number of hydrogen-bond donors (Lipinski definition) is 0. The maximum absolute atomic E-state index is 16.0. The van der Waals surface area contributed by atoms with Crippen molar-refractivity contribution in [1.29, 1.82) is 0 Å². The van der Waals surface area contributed by atoms with E-state index < -0.39 is 5.92 Å². The van der Waals surface area contributed by atoms with Gasteiger partial charge in [0.05, 0.1) is 11.0 Å². The molecule has 11 aromatic rings. The molecule has 0 bridgehead atoms. The van der Waals surface area contributed by atoms with Gasteiger partial charge < -0.3 is 9.55 Å². The summed E-state index contributed by atoms with van der Waals surface area (Å²) < 4.78 is 36.2. The first-order valence-electron chi connectivity index (χ1n) is 18.4. The molecule has 0 fully saturated rings. The predicted octanol–water partition coefficient (Wildman–Crippen LogP) is 12.1. The molecule has 0 spiro atoms. The number of hydrogen-bond acceptors (Lipinski definition) is 2. The number of benzene rings is 7. The van der Waals surface area contributed by atoms with Gasteiger partial charge in [-0.1, -0.05) is 132 Å². The molecule has 8 heteroatoms. The Kier molecular flexibility index (Phi) is 8.24. The van der Waals surface area contributed by atoms with E-state index >= 15 is 8.78 Å². The van der Waals surface area contributed by atoms with Crippen molar-refractivity contribution in [1.82, 2.24) is 24.1 Å². The molecule has 274 valence electrons. The fourth-order valence-electron chi connectivity index (χ4n) is 8.15. The van der Waals surface area contributed by atoms with Gasteiger partial charge in [-0.15, -0.1) is 34.8 Å². The summed E-state index contributed by atoms with van der Waals surface area (Å²) in [5.74, 6) is -1.81. The third-order valence-corrected chi connectivity index (χ3v) is 10.7. The van der Waals surface area contributed by atoms with Crippen LogP contribution >= 0.6 is 0 Å². The Morgan fingerprint density at radius 1 is 0.561 bits per heavy atom. The Balaban J connectivity index is 0.00000396. The molecule has 0 aliphatic carbocycles. The number of para-hydroxylation sites is 4. The van der Waals surface area contributed by atoms with Crippen LogP contribution in [-0.2, 0) is 27.0 Å².